The van der Waals surface area contributed by atoms with Gasteiger partial charge in [0.15, 0.2) is 5.16 Å². The molecule has 0 aliphatic rings. The average Bonchev–Trinajstić information content (AvgIpc) is 2.93. The summed E-state index contributed by atoms with van der Waals surface area (Å²) in [7, 11) is 0. The van der Waals surface area contributed by atoms with Gasteiger partial charge in [0.25, 0.3) is 5.56 Å². The first-order valence-electron chi connectivity index (χ1n) is 8.74. The zero-order chi connectivity index (χ0) is 18.7. The first kappa shape index (κ1) is 18.9. The minimum atomic E-state index is 0.0163. The fraction of sp³-hybridized carbons (Fsp3) is 0.421. The van der Waals surface area contributed by atoms with Crippen molar-refractivity contribution in [3.8, 4) is 0 Å². The Morgan fingerprint density at radius 1 is 1.15 bits per heavy atom. The summed E-state index contributed by atoms with van der Waals surface area (Å²) >= 11 is 2.76. The normalized spacial score (nSPS) is 11.5. The Bertz CT molecular complexity index is 1020. The molecule has 26 heavy (non-hydrogen) atoms. The van der Waals surface area contributed by atoms with Crippen LogP contribution in [-0.4, -0.2) is 19.9 Å². The molecule has 2 heterocycles. The van der Waals surface area contributed by atoms with Crippen molar-refractivity contribution >= 4 is 34.0 Å². The number of para-hydroxylation sites is 1. The molecule has 0 amide bonds. The topological polar surface area (TPSA) is 56.9 Å². The van der Waals surface area contributed by atoms with Crippen molar-refractivity contribution in [3.05, 3.63) is 55.4 Å². The van der Waals surface area contributed by atoms with Gasteiger partial charge in [0.2, 0.25) is 0 Å². The van der Waals surface area contributed by atoms with Crippen LogP contribution in [0.25, 0.3) is 10.9 Å². The van der Waals surface area contributed by atoms with Gasteiger partial charge >= 0.3 is 4.87 Å². The number of rotatable bonds is 7. The van der Waals surface area contributed by atoms with Crippen molar-refractivity contribution in [1.29, 1.82) is 0 Å². The highest BCUT2D eigenvalue weighted by Gasteiger charge is 2.12. The van der Waals surface area contributed by atoms with Gasteiger partial charge in [-0.15, -0.1) is 0 Å². The van der Waals surface area contributed by atoms with Crippen LogP contribution in [0.15, 0.2) is 44.4 Å². The molecule has 0 saturated carbocycles. The van der Waals surface area contributed by atoms with Crippen LogP contribution < -0.4 is 10.4 Å². The zero-order valence-electron chi connectivity index (χ0n) is 15.3. The first-order valence-corrected chi connectivity index (χ1v) is 10.6. The molecule has 0 aliphatic heterocycles. The molecule has 3 rings (SSSR count). The molecule has 0 saturated heterocycles. The molecular weight excluding hydrogens is 366 g/mol. The van der Waals surface area contributed by atoms with E-state index in [1.165, 1.54) is 11.3 Å². The van der Waals surface area contributed by atoms with Gasteiger partial charge in [-0.05, 0) is 31.4 Å². The number of thioether (sulfide) groups is 1. The number of fused-ring (bicyclic) bond motifs is 1. The minimum Gasteiger partial charge on any atom is -0.303 e. The third-order valence-corrected chi connectivity index (χ3v) is 6.12. The Labute approximate surface area is 160 Å². The molecule has 138 valence electrons. The van der Waals surface area contributed by atoms with Crippen molar-refractivity contribution in [1.82, 2.24) is 14.1 Å². The summed E-state index contributed by atoms with van der Waals surface area (Å²) in [6.07, 6.45) is 0.927. The average molecular weight is 390 g/mol. The third-order valence-electron chi connectivity index (χ3n) is 4.28. The van der Waals surface area contributed by atoms with Gasteiger partial charge in [0.05, 0.1) is 10.9 Å². The number of hydrogen-bond donors (Lipinski definition) is 0. The van der Waals surface area contributed by atoms with E-state index in [1.54, 1.807) is 20.9 Å². The second-order valence-electron chi connectivity index (χ2n) is 6.69. The van der Waals surface area contributed by atoms with Gasteiger partial charge in [0, 0.05) is 29.9 Å². The fourth-order valence-electron chi connectivity index (χ4n) is 2.75. The predicted molar refractivity (Wildman–Crippen MR) is 109 cm³/mol. The molecule has 0 atom stereocenters. The van der Waals surface area contributed by atoms with Gasteiger partial charge < -0.3 is 4.57 Å². The van der Waals surface area contributed by atoms with E-state index >= 15 is 0 Å². The quantitative estimate of drug-likeness (QED) is 0.456. The molecule has 2 aromatic heterocycles. The molecule has 1 aromatic carbocycles. The summed E-state index contributed by atoms with van der Waals surface area (Å²) in [5.41, 5.74) is 1.72. The lowest BCUT2D eigenvalue weighted by Crippen LogP contribution is -2.24. The highest BCUT2D eigenvalue weighted by molar-refractivity contribution is 7.99. The summed E-state index contributed by atoms with van der Waals surface area (Å²) in [5.74, 6) is 1.21. The number of thiazole rings is 1. The maximum absolute atomic E-state index is 12.9. The molecule has 5 nitrogen and oxygen atoms in total. The molecule has 0 bridgehead atoms. The maximum atomic E-state index is 12.9. The highest BCUT2D eigenvalue weighted by Crippen LogP contribution is 2.19. The second-order valence-corrected chi connectivity index (χ2v) is 8.58. The Hall–Kier alpha value is -1.86. The van der Waals surface area contributed by atoms with Crippen molar-refractivity contribution in [2.45, 2.75) is 45.4 Å². The lowest BCUT2D eigenvalue weighted by molar-refractivity contribution is 0.481. The molecular formula is C19H23N3O2S2. The third kappa shape index (κ3) is 4.10. The van der Waals surface area contributed by atoms with E-state index in [4.69, 9.17) is 4.98 Å². The summed E-state index contributed by atoms with van der Waals surface area (Å²) < 4.78 is 3.56. The summed E-state index contributed by atoms with van der Waals surface area (Å²) in [6.45, 7) is 7.52. The largest absolute Gasteiger partial charge is 0.307 e. The van der Waals surface area contributed by atoms with Crippen molar-refractivity contribution in [2.75, 3.05) is 5.75 Å². The van der Waals surface area contributed by atoms with Crippen molar-refractivity contribution < 1.29 is 0 Å². The monoisotopic (exact) mass is 389 g/mol. The Balaban J connectivity index is 1.88. The molecule has 7 heteroatoms. The molecule has 0 fully saturated rings. The van der Waals surface area contributed by atoms with E-state index in [1.807, 2.05) is 36.6 Å². The minimum absolute atomic E-state index is 0.0163. The lowest BCUT2D eigenvalue weighted by atomic mass is 10.1. The Kier molecular flexibility index (Phi) is 5.98. The smallest absolute Gasteiger partial charge is 0.303 e. The summed E-state index contributed by atoms with van der Waals surface area (Å²) in [6, 6.07) is 7.48. The number of hydrogen-bond acceptors (Lipinski definition) is 5. The SMILES string of the molecule is Cc1csc(=O)n1CCSc1nc2ccccc2c(=O)n1CCC(C)C. The van der Waals surface area contributed by atoms with E-state index in [9.17, 15) is 9.59 Å². The number of aryl methyl sites for hydroxylation is 1. The molecule has 0 radical (unpaired) electrons. The van der Waals surface area contributed by atoms with Crippen LogP contribution in [-0.2, 0) is 13.1 Å². The van der Waals surface area contributed by atoms with Gasteiger partial charge in [-0.3, -0.25) is 14.2 Å². The van der Waals surface area contributed by atoms with E-state index in [-0.39, 0.29) is 10.4 Å². The van der Waals surface area contributed by atoms with E-state index in [0.29, 0.717) is 30.1 Å². The van der Waals surface area contributed by atoms with Crippen LogP contribution in [0, 0.1) is 12.8 Å². The Morgan fingerprint density at radius 3 is 2.62 bits per heavy atom. The molecule has 0 spiro atoms. The van der Waals surface area contributed by atoms with Crippen molar-refractivity contribution in [3.63, 3.8) is 0 Å². The summed E-state index contributed by atoms with van der Waals surface area (Å²) in [5, 5.41) is 3.26. The molecule has 0 N–H and O–H groups in total. The fourth-order valence-corrected chi connectivity index (χ4v) is 4.46. The highest BCUT2D eigenvalue weighted by atomic mass is 32.2. The number of aromatic nitrogens is 3. The summed E-state index contributed by atoms with van der Waals surface area (Å²) in [4.78, 5) is 29.6. The van der Waals surface area contributed by atoms with Crippen LogP contribution in [0.1, 0.15) is 26.0 Å². The van der Waals surface area contributed by atoms with Crippen LogP contribution in [0.3, 0.4) is 0 Å². The van der Waals surface area contributed by atoms with E-state index in [0.717, 1.165) is 22.8 Å². The Morgan fingerprint density at radius 2 is 1.92 bits per heavy atom. The number of nitrogens with zero attached hydrogens (tertiary/aromatic N) is 3. The zero-order valence-corrected chi connectivity index (χ0v) is 16.9. The van der Waals surface area contributed by atoms with Gasteiger partial charge in [-0.25, -0.2) is 4.98 Å². The van der Waals surface area contributed by atoms with Crippen LogP contribution in [0.5, 0.6) is 0 Å². The van der Waals surface area contributed by atoms with Crippen molar-refractivity contribution in [2.24, 2.45) is 5.92 Å². The van der Waals surface area contributed by atoms with Gasteiger partial charge in [0.1, 0.15) is 0 Å². The number of benzene rings is 1. The molecule has 3 aromatic rings. The molecule has 0 aliphatic carbocycles. The van der Waals surface area contributed by atoms with Crippen LogP contribution in [0.4, 0.5) is 0 Å². The maximum Gasteiger partial charge on any atom is 0.307 e. The van der Waals surface area contributed by atoms with E-state index in [2.05, 4.69) is 13.8 Å². The second kappa shape index (κ2) is 8.22. The van der Waals surface area contributed by atoms with Gasteiger partial charge in [-0.1, -0.05) is 49.1 Å². The van der Waals surface area contributed by atoms with Gasteiger partial charge in [-0.2, -0.15) is 0 Å². The predicted octanol–water partition coefficient (Wildman–Crippen LogP) is 3.77. The van der Waals surface area contributed by atoms with E-state index < -0.39 is 0 Å². The lowest BCUT2D eigenvalue weighted by Gasteiger charge is -2.14. The standard InChI is InChI=1S/C19H23N3O2S2/c1-13(2)8-9-22-17(23)15-6-4-5-7-16(15)20-18(22)25-11-10-21-14(3)12-26-19(21)24/h4-7,12-13H,8-11H2,1-3H3. The first-order chi connectivity index (χ1) is 12.5. The van der Waals surface area contributed by atoms with Crippen LogP contribution >= 0.6 is 23.1 Å². The molecule has 0 unspecified atom stereocenters. The van der Waals surface area contributed by atoms with Crippen LogP contribution in [0.2, 0.25) is 0 Å².